The second kappa shape index (κ2) is 8.41. The summed E-state index contributed by atoms with van der Waals surface area (Å²) in [7, 11) is 1.61. The Kier molecular flexibility index (Phi) is 5.76. The van der Waals surface area contributed by atoms with Crippen LogP contribution in [0.1, 0.15) is 15.4 Å². The number of methoxy groups -OCH3 is 1. The van der Waals surface area contributed by atoms with Crippen LogP contribution in [-0.2, 0) is 11.3 Å². The van der Waals surface area contributed by atoms with Crippen LogP contribution >= 0.6 is 11.3 Å². The largest absolute Gasteiger partial charge is 0.383 e. The summed E-state index contributed by atoms with van der Waals surface area (Å²) in [4.78, 5) is 31.3. The number of thiazole rings is 1. The van der Waals surface area contributed by atoms with Gasteiger partial charge < -0.3 is 9.64 Å². The smallest absolute Gasteiger partial charge is 0.257 e. The van der Waals surface area contributed by atoms with Crippen LogP contribution < -0.4 is 0 Å². The van der Waals surface area contributed by atoms with Crippen molar-refractivity contribution in [1.29, 1.82) is 0 Å². The highest BCUT2D eigenvalue weighted by Gasteiger charge is 2.18. The van der Waals surface area contributed by atoms with Gasteiger partial charge in [-0.25, -0.2) is 15.0 Å². The third-order valence-electron chi connectivity index (χ3n) is 3.50. The van der Waals surface area contributed by atoms with Crippen molar-refractivity contribution in [3.63, 3.8) is 0 Å². The van der Waals surface area contributed by atoms with E-state index in [1.165, 1.54) is 11.3 Å². The molecule has 25 heavy (non-hydrogen) atoms. The first kappa shape index (κ1) is 17.1. The van der Waals surface area contributed by atoms with Crippen molar-refractivity contribution < 1.29 is 9.53 Å². The van der Waals surface area contributed by atoms with E-state index in [0.29, 0.717) is 31.1 Å². The van der Waals surface area contributed by atoms with Gasteiger partial charge in [0, 0.05) is 55.6 Å². The van der Waals surface area contributed by atoms with Crippen molar-refractivity contribution in [2.24, 2.45) is 0 Å². The molecule has 8 heteroatoms. The van der Waals surface area contributed by atoms with E-state index < -0.39 is 0 Å². The van der Waals surface area contributed by atoms with Crippen molar-refractivity contribution in [2.75, 3.05) is 20.3 Å². The second-order valence-corrected chi connectivity index (χ2v) is 6.16. The third-order valence-corrected chi connectivity index (χ3v) is 4.26. The predicted octanol–water partition coefficient (Wildman–Crippen LogP) is 2.28. The minimum Gasteiger partial charge on any atom is -0.383 e. The van der Waals surface area contributed by atoms with E-state index in [2.05, 4.69) is 19.9 Å². The lowest BCUT2D eigenvalue weighted by atomic mass is 10.2. The van der Waals surface area contributed by atoms with Gasteiger partial charge >= 0.3 is 0 Å². The molecular weight excluding hydrogens is 338 g/mol. The van der Waals surface area contributed by atoms with Gasteiger partial charge in [-0.1, -0.05) is 0 Å². The summed E-state index contributed by atoms with van der Waals surface area (Å²) in [5.41, 5.74) is 1.29. The molecule has 1 amide bonds. The van der Waals surface area contributed by atoms with Crippen molar-refractivity contribution in [1.82, 2.24) is 24.8 Å². The monoisotopic (exact) mass is 355 g/mol. The van der Waals surface area contributed by atoms with E-state index in [9.17, 15) is 4.79 Å². The minimum atomic E-state index is -0.145. The molecule has 0 saturated heterocycles. The molecule has 0 fully saturated rings. The fourth-order valence-electron chi connectivity index (χ4n) is 2.22. The molecular formula is C17H17N5O2S. The van der Waals surface area contributed by atoms with Crippen LogP contribution in [0.3, 0.4) is 0 Å². The van der Waals surface area contributed by atoms with Crippen LogP contribution in [0.4, 0.5) is 0 Å². The summed E-state index contributed by atoms with van der Waals surface area (Å²) in [5, 5.41) is 2.76. The molecule has 0 bridgehead atoms. The maximum absolute atomic E-state index is 12.8. The zero-order chi connectivity index (χ0) is 17.5. The average molecular weight is 355 g/mol. The van der Waals surface area contributed by atoms with Gasteiger partial charge in [0.25, 0.3) is 5.91 Å². The summed E-state index contributed by atoms with van der Waals surface area (Å²) in [5.74, 6) is 0.413. The SMILES string of the molecule is COCCN(Cc1nccs1)C(=O)c1cnc(-c2ccncc2)nc1. The minimum absolute atomic E-state index is 0.145. The topological polar surface area (TPSA) is 81.1 Å². The Morgan fingerprint density at radius 3 is 2.56 bits per heavy atom. The van der Waals surface area contributed by atoms with Crippen molar-refractivity contribution >= 4 is 17.2 Å². The molecule has 3 heterocycles. The summed E-state index contributed by atoms with van der Waals surface area (Å²) in [6.07, 6.45) is 8.18. The van der Waals surface area contributed by atoms with Gasteiger partial charge in [0.15, 0.2) is 5.82 Å². The van der Waals surface area contributed by atoms with E-state index in [1.54, 1.807) is 43.0 Å². The fourth-order valence-corrected chi connectivity index (χ4v) is 2.85. The van der Waals surface area contributed by atoms with Gasteiger partial charge in [-0.05, 0) is 12.1 Å². The van der Waals surface area contributed by atoms with Gasteiger partial charge in [0.1, 0.15) is 5.01 Å². The number of carbonyl (C=O) groups excluding carboxylic acids is 1. The maximum Gasteiger partial charge on any atom is 0.257 e. The molecule has 128 valence electrons. The molecule has 0 aliphatic carbocycles. The quantitative estimate of drug-likeness (QED) is 0.647. The number of ether oxygens (including phenoxy) is 1. The van der Waals surface area contributed by atoms with Crippen LogP contribution in [0.2, 0.25) is 0 Å². The van der Waals surface area contributed by atoms with E-state index in [0.717, 1.165) is 10.6 Å². The van der Waals surface area contributed by atoms with Gasteiger partial charge in [-0.15, -0.1) is 11.3 Å². The van der Waals surface area contributed by atoms with Crippen molar-refractivity contribution in [2.45, 2.75) is 6.54 Å². The lowest BCUT2D eigenvalue weighted by Crippen LogP contribution is -2.33. The number of amides is 1. The van der Waals surface area contributed by atoms with Crippen LogP contribution in [-0.4, -0.2) is 51.0 Å². The molecule has 3 aromatic rings. The number of rotatable bonds is 7. The Morgan fingerprint density at radius 1 is 1.16 bits per heavy atom. The van der Waals surface area contributed by atoms with Crippen LogP contribution in [0, 0.1) is 0 Å². The molecule has 0 aliphatic heterocycles. The van der Waals surface area contributed by atoms with E-state index >= 15 is 0 Å². The van der Waals surface area contributed by atoms with Gasteiger partial charge in [-0.2, -0.15) is 0 Å². The molecule has 0 saturated carbocycles. The zero-order valence-electron chi connectivity index (χ0n) is 13.7. The van der Waals surface area contributed by atoms with Crippen LogP contribution in [0.25, 0.3) is 11.4 Å². The highest BCUT2D eigenvalue weighted by atomic mass is 32.1. The van der Waals surface area contributed by atoms with Crippen molar-refractivity contribution in [3.05, 3.63) is 59.1 Å². The first-order valence-corrected chi connectivity index (χ1v) is 8.55. The summed E-state index contributed by atoms with van der Waals surface area (Å²) >= 11 is 1.51. The van der Waals surface area contributed by atoms with Crippen molar-refractivity contribution in [3.8, 4) is 11.4 Å². The predicted molar refractivity (Wildman–Crippen MR) is 94.0 cm³/mol. The molecule has 0 unspecified atom stereocenters. The molecule has 0 spiro atoms. The highest BCUT2D eigenvalue weighted by molar-refractivity contribution is 7.09. The normalized spacial score (nSPS) is 10.6. The zero-order valence-corrected chi connectivity index (χ0v) is 14.5. The van der Waals surface area contributed by atoms with Gasteiger partial charge in [0.05, 0.1) is 18.7 Å². The first-order valence-electron chi connectivity index (χ1n) is 7.67. The standard InChI is InChI=1S/C17H17N5O2S/c1-24-8-7-22(12-15-19-6-9-25-15)17(23)14-10-20-16(21-11-14)13-2-4-18-5-3-13/h2-6,9-11H,7-8,12H2,1H3. The molecule has 3 aromatic heterocycles. The number of hydrogen-bond donors (Lipinski definition) is 0. The molecule has 0 atom stereocenters. The van der Waals surface area contributed by atoms with E-state index in [4.69, 9.17) is 4.74 Å². The average Bonchev–Trinajstić information content (AvgIpc) is 3.18. The molecule has 7 nitrogen and oxygen atoms in total. The van der Waals surface area contributed by atoms with Crippen LogP contribution in [0.15, 0.2) is 48.5 Å². The number of carbonyl (C=O) groups is 1. The second-order valence-electron chi connectivity index (χ2n) is 5.18. The van der Waals surface area contributed by atoms with Crippen LogP contribution in [0.5, 0.6) is 0 Å². The number of aromatic nitrogens is 4. The lowest BCUT2D eigenvalue weighted by molar-refractivity contribution is 0.0679. The molecule has 0 aromatic carbocycles. The number of pyridine rings is 1. The lowest BCUT2D eigenvalue weighted by Gasteiger charge is -2.21. The maximum atomic E-state index is 12.8. The first-order chi connectivity index (χ1) is 12.3. The van der Waals surface area contributed by atoms with Gasteiger partial charge in [-0.3, -0.25) is 9.78 Å². The highest BCUT2D eigenvalue weighted by Crippen LogP contribution is 2.15. The Bertz CT molecular complexity index is 794. The third kappa shape index (κ3) is 4.43. The van der Waals surface area contributed by atoms with Gasteiger partial charge in [0.2, 0.25) is 0 Å². The summed E-state index contributed by atoms with van der Waals surface area (Å²) < 4.78 is 5.11. The number of hydrogen-bond acceptors (Lipinski definition) is 7. The fraction of sp³-hybridized carbons (Fsp3) is 0.235. The molecule has 0 N–H and O–H groups in total. The summed E-state index contributed by atoms with van der Waals surface area (Å²) in [6.45, 7) is 1.36. The molecule has 0 aliphatic rings. The van der Waals surface area contributed by atoms with E-state index in [1.807, 2.05) is 17.5 Å². The Hall–Kier alpha value is -2.71. The summed E-state index contributed by atoms with van der Waals surface area (Å²) in [6, 6.07) is 3.65. The van der Waals surface area contributed by atoms with E-state index in [-0.39, 0.29) is 5.91 Å². The molecule has 3 rings (SSSR count). The Labute approximate surface area is 149 Å². The number of nitrogens with zero attached hydrogens (tertiary/aromatic N) is 5. The Balaban J connectivity index is 1.76. The molecule has 0 radical (unpaired) electrons. The Morgan fingerprint density at radius 2 is 1.92 bits per heavy atom.